The minimum absolute atomic E-state index is 0.0195. The molecule has 7 aromatic rings. The Labute approximate surface area is 317 Å². The number of rotatable bonds is 3. The van der Waals surface area contributed by atoms with Crippen LogP contribution in [0.15, 0.2) is 124 Å². The van der Waals surface area contributed by atoms with Gasteiger partial charge in [-0.25, -0.2) is 0 Å². The summed E-state index contributed by atoms with van der Waals surface area (Å²) in [4.78, 5) is 30.1. The van der Waals surface area contributed by atoms with Gasteiger partial charge in [0.15, 0.2) is 5.78 Å². The topological polar surface area (TPSA) is 50.5 Å². The third-order valence-corrected chi connectivity index (χ3v) is 11.8. The average molecular weight is 708 g/mol. The van der Waals surface area contributed by atoms with Crippen molar-refractivity contribution in [3.63, 3.8) is 0 Å². The van der Waals surface area contributed by atoms with E-state index in [0.717, 1.165) is 28.2 Å². The van der Waals surface area contributed by atoms with Gasteiger partial charge in [-0.15, -0.1) is 0 Å². The Morgan fingerprint density at radius 1 is 0.574 bits per heavy atom. The molecule has 0 saturated heterocycles. The molecule has 0 radical (unpaired) electrons. The van der Waals surface area contributed by atoms with E-state index in [2.05, 4.69) is 115 Å². The van der Waals surface area contributed by atoms with Crippen molar-refractivity contribution in [2.45, 2.75) is 78.1 Å². The van der Waals surface area contributed by atoms with Gasteiger partial charge >= 0.3 is 0 Å². The van der Waals surface area contributed by atoms with Crippen molar-refractivity contribution in [2.24, 2.45) is 0 Å². The lowest BCUT2D eigenvalue weighted by molar-refractivity contribution is 0.103. The lowest BCUT2D eigenvalue weighted by atomic mass is 9.77. The number of hydrogen-bond donors (Lipinski definition) is 0. The predicted octanol–water partition coefficient (Wildman–Crippen LogP) is 12.5. The normalized spacial score (nSPS) is 14.5. The molecule has 4 heteroatoms. The first-order chi connectivity index (χ1) is 25.6. The zero-order valence-corrected chi connectivity index (χ0v) is 32.3. The van der Waals surface area contributed by atoms with Crippen LogP contribution in [0.2, 0.25) is 0 Å². The molecule has 0 spiro atoms. The third kappa shape index (κ3) is 5.18. The van der Waals surface area contributed by atoms with E-state index in [1.54, 1.807) is 6.07 Å². The summed E-state index contributed by atoms with van der Waals surface area (Å²) in [5.74, 6) is -0.0362. The average Bonchev–Trinajstić information content (AvgIpc) is 3.37. The van der Waals surface area contributed by atoms with Crippen molar-refractivity contribution in [1.29, 1.82) is 0 Å². The Bertz CT molecular complexity index is 2770. The monoisotopic (exact) mass is 707 g/mol. The first-order valence-electron chi connectivity index (χ1n) is 19.0. The Morgan fingerprint density at radius 3 is 2.00 bits per heavy atom. The van der Waals surface area contributed by atoms with Crippen molar-refractivity contribution in [2.75, 3.05) is 4.90 Å². The summed E-state index contributed by atoms with van der Waals surface area (Å²) < 4.78 is 6.62. The molecule has 0 saturated carbocycles. The predicted molar refractivity (Wildman–Crippen MR) is 222 cm³/mol. The van der Waals surface area contributed by atoms with Crippen LogP contribution >= 0.6 is 0 Å². The molecule has 4 nitrogen and oxygen atoms in total. The van der Waals surface area contributed by atoms with Crippen LogP contribution in [0, 0.1) is 0 Å². The van der Waals surface area contributed by atoms with Gasteiger partial charge in [0.1, 0.15) is 11.2 Å². The summed E-state index contributed by atoms with van der Waals surface area (Å²) in [6, 6.07) is 39.5. The number of ketones is 1. The quantitative estimate of drug-likeness (QED) is 0.172. The molecule has 9 rings (SSSR count). The molecule has 54 heavy (non-hydrogen) atoms. The van der Waals surface area contributed by atoms with Gasteiger partial charge in [0, 0.05) is 39.5 Å². The smallest absolute Gasteiger partial charge is 0.200 e. The lowest BCUT2D eigenvalue weighted by Gasteiger charge is -2.32. The van der Waals surface area contributed by atoms with Gasteiger partial charge in [0.2, 0.25) is 5.43 Å². The lowest BCUT2D eigenvalue weighted by Crippen LogP contribution is -2.20. The number of anilines is 3. The van der Waals surface area contributed by atoms with Crippen LogP contribution in [-0.2, 0) is 22.7 Å². The van der Waals surface area contributed by atoms with E-state index in [0.29, 0.717) is 39.5 Å². The van der Waals surface area contributed by atoms with Crippen molar-refractivity contribution >= 4 is 44.8 Å². The maximum Gasteiger partial charge on any atom is 0.200 e. The van der Waals surface area contributed by atoms with Crippen LogP contribution in [0.1, 0.15) is 105 Å². The van der Waals surface area contributed by atoms with Crippen LogP contribution < -0.4 is 10.3 Å². The summed E-state index contributed by atoms with van der Waals surface area (Å²) in [5.41, 5.74) is 14.3. The van der Waals surface area contributed by atoms with E-state index in [1.807, 2.05) is 54.6 Å². The Morgan fingerprint density at radius 2 is 1.26 bits per heavy atom. The van der Waals surface area contributed by atoms with Crippen LogP contribution in [-0.4, -0.2) is 5.78 Å². The molecule has 0 bridgehead atoms. The van der Waals surface area contributed by atoms with E-state index >= 15 is 0 Å². The molecule has 0 atom stereocenters. The SMILES string of the molecule is CC(C)(C)c1ccc2c(c1)C(C)(C)c1cc(C(C)(C)C)cc(N(c3ccccc3)c3ccc4c(=O)c5cc6c(cc5oc4c3)C(=O)c3ccccc3C6)c1-2. The Balaban J connectivity index is 1.28. The van der Waals surface area contributed by atoms with Gasteiger partial charge in [-0.1, -0.05) is 122 Å². The molecule has 0 unspecified atom stereocenters. The number of carbonyl (C=O) groups excluding carboxylic acids is 1. The van der Waals surface area contributed by atoms with Gasteiger partial charge < -0.3 is 9.32 Å². The summed E-state index contributed by atoms with van der Waals surface area (Å²) in [5, 5.41) is 1.00. The molecule has 2 aliphatic rings. The maximum absolute atomic E-state index is 14.2. The second-order valence-corrected chi connectivity index (χ2v) is 17.8. The number of carbonyl (C=O) groups is 1. The van der Waals surface area contributed by atoms with Crippen LogP contribution in [0.5, 0.6) is 0 Å². The number of hydrogen-bond acceptors (Lipinski definition) is 4. The van der Waals surface area contributed by atoms with Gasteiger partial charge in [-0.2, -0.15) is 0 Å². The number of nitrogens with zero attached hydrogens (tertiary/aromatic N) is 1. The maximum atomic E-state index is 14.2. The highest BCUT2D eigenvalue weighted by Gasteiger charge is 2.40. The summed E-state index contributed by atoms with van der Waals surface area (Å²) in [6.07, 6.45) is 0.602. The number of para-hydroxylation sites is 1. The molecular formula is C50H45NO3. The fraction of sp³-hybridized carbons (Fsp3) is 0.240. The van der Waals surface area contributed by atoms with Crippen molar-refractivity contribution in [3.8, 4) is 11.1 Å². The molecule has 2 aliphatic carbocycles. The standard InChI is InChI=1S/C50H45NO3/c1-48(2,3)31-18-20-36-40(24-31)50(7,8)41-25-32(49(4,5)6)26-42(45(36)41)51(33-15-10-9-11-16-33)34-19-21-37-43(27-34)54-44-28-38-30(23-39(44)47(37)53)22-29-14-12-13-17-35(29)46(38)52/h9-21,23-28H,22H2,1-8H3. The van der Waals surface area contributed by atoms with Crippen LogP contribution in [0.4, 0.5) is 17.1 Å². The zero-order valence-electron chi connectivity index (χ0n) is 32.3. The van der Waals surface area contributed by atoms with E-state index in [1.165, 1.54) is 33.4 Å². The summed E-state index contributed by atoms with van der Waals surface area (Å²) in [7, 11) is 0. The van der Waals surface area contributed by atoms with Crippen molar-refractivity contribution < 1.29 is 9.21 Å². The molecule has 268 valence electrons. The highest BCUT2D eigenvalue weighted by Crippen LogP contribution is 2.56. The zero-order chi connectivity index (χ0) is 37.9. The Kier molecular flexibility index (Phi) is 7.33. The largest absolute Gasteiger partial charge is 0.456 e. The molecule has 1 heterocycles. The minimum atomic E-state index is -0.226. The van der Waals surface area contributed by atoms with Crippen molar-refractivity contribution in [1.82, 2.24) is 0 Å². The fourth-order valence-electron chi connectivity index (χ4n) is 8.58. The number of benzene rings is 6. The van der Waals surface area contributed by atoms with Gasteiger partial charge in [-0.05, 0) is 98.7 Å². The molecule has 0 aliphatic heterocycles. The van der Waals surface area contributed by atoms with E-state index < -0.39 is 0 Å². The van der Waals surface area contributed by atoms with E-state index in [4.69, 9.17) is 4.42 Å². The third-order valence-electron chi connectivity index (χ3n) is 11.8. The highest BCUT2D eigenvalue weighted by molar-refractivity contribution is 6.14. The van der Waals surface area contributed by atoms with Gasteiger partial charge in [0.05, 0.1) is 16.5 Å². The molecule has 0 amide bonds. The minimum Gasteiger partial charge on any atom is -0.456 e. The first-order valence-corrected chi connectivity index (χ1v) is 19.0. The molecule has 0 fully saturated rings. The number of fused-ring (bicyclic) bond motifs is 7. The van der Waals surface area contributed by atoms with E-state index in [9.17, 15) is 9.59 Å². The highest BCUT2D eigenvalue weighted by atomic mass is 16.3. The molecule has 1 aromatic heterocycles. The Hall–Kier alpha value is -5.74. The molecule has 6 aromatic carbocycles. The molecule has 0 N–H and O–H groups in total. The fourth-order valence-corrected chi connectivity index (χ4v) is 8.58. The molecular weight excluding hydrogens is 663 g/mol. The van der Waals surface area contributed by atoms with Crippen LogP contribution in [0.25, 0.3) is 33.1 Å². The second kappa shape index (κ2) is 11.6. The summed E-state index contributed by atoms with van der Waals surface area (Å²) in [6.45, 7) is 18.4. The summed E-state index contributed by atoms with van der Waals surface area (Å²) >= 11 is 0. The first kappa shape index (κ1) is 34.1. The van der Waals surface area contributed by atoms with Crippen molar-refractivity contribution in [3.05, 3.63) is 170 Å². The van der Waals surface area contributed by atoms with E-state index in [-0.39, 0.29) is 27.5 Å². The second-order valence-electron chi connectivity index (χ2n) is 17.8. The van der Waals surface area contributed by atoms with Gasteiger partial charge in [-0.3, -0.25) is 9.59 Å². The van der Waals surface area contributed by atoms with Crippen LogP contribution in [0.3, 0.4) is 0 Å². The van der Waals surface area contributed by atoms with Gasteiger partial charge in [0.25, 0.3) is 0 Å².